The summed E-state index contributed by atoms with van der Waals surface area (Å²) >= 11 is 0. The van der Waals surface area contributed by atoms with Gasteiger partial charge in [-0.3, -0.25) is 14.6 Å². The van der Waals surface area contributed by atoms with Crippen LogP contribution < -0.4 is 16.0 Å². The number of carbonyl (C=O) groups is 1. The largest absolute Gasteiger partial charge is 0.354 e. The zero-order valence-corrected chi connectivity index (χ0v) is 24.4. The molecule has 3 N–H and O–H groups in total. The first kappa shape index (κ1) is 29.4. The number of benzene rings is 1. The number of anilines is 3. The van der Waals surface area contributed by atoms with E-state index in [2.05, 4.69) is 65.0 Å². The predicted molar refractivity (Wildman–Crippen MR) is 163 cm³/mol. The summed E-state index contributed by atoms with van der Waals surface area (Å²) < 4.78 is 0. The van der Waals surface area contributed by atoms with Crippen molar-refractivity contribution in [2.75, 3.05) is 49.9 Å². The van der Waals surface area contributed by atoms with E-state index in [0.717, 1.165) is 74.6 Å². The summed E-state index contributed by atoms with van der Waals surface area (Å²) in [6.45, 7) is 14.0. The van der Waals surface area contributed by atoms with Crippen LogP contribution in [-0.4, -0.2) is 75.5 Å². The smallest absolute Gasteiger partial charge is 0.240 e. The summed E-state index contributed by atoms with van der Waals surface area (Å²) in [6.07, 6.45) is 8.18. The summed E-state index contributed by atoms with van der Waals surface area (Å²) in [5.74, 6) is 1.55. The van der Waals surface area contributed by atoms with Crippen molar-refractivity contribution >= 4 is 23.4 Å². The molecule has 6 aliphatic rings. The number of hydrogen-bond donors (Lipinski definition) is 3. The van der Waals surface area contributed by atoms with Crippen LogP contribution in [0.5, 0.6) is 0 Å². The van der Waals surface area contributed by atoms with Gasteiger partial charge in [-0.05, 0) is 54.7 Å². The zero-order chi connectivity index (χ0) is 28.4. The number of pyridine rings is 1. The molecule has 9 heteroatoms. The van der Waals surface area contributed by atoms with Crippen LogP contribution in [0.1, 0.15) is 52.5 Å². The van der Waals surface area contributed by atoms with E-state index in [1.165, 1.54) is 5.56 Å². The minimum atomic E-state index is -0.293. The Balaban J connectivity index is 0.000000886. The van der Waals surface area contributed by atoms with Gasteiger partial charge >= 0.3 is 0 Å². The zero-order valence-electron chi connectivity index (χ0n) is 24.4. The first-order valence-electron chi connectivity index (χ1n) is 14.8. The van der Waals surface area contributed by atoms with Crippen LogP contribution in [0.3, 0.4) is 0 Å². The van der Waals surface area contributed by atoms with Crippen LogP contribution in [0, 0.1) is 0 Å². The molecule has 5 aliphatic heterocycles. The van der Waals surface area contributed by atoms with E-state index in [-0.39, 0.29) is 11.4 Å². The van der Waals surface area contributed by atoms with Gasteiger partial charge in [0, 0.05) is 75.7 Å². The number of carbonyl (C=O) groups excluding carboxylic acids is 1. The Bertz CT molecular complexity index is 1220. The molecule has 1 saturated heterocycles. The maximum Gasteiger partial charge on any atom is 0.240 e. The van der Waals surface area contributed by atoms with Gasteiger partial charge in [-0.2, -0.15) is 0 Å². The summed E-state index contributed by atoms with van der Waals surface area (Å²) in [5.41, 5.74) is 3.91. The van der Waals surface area contributed by atoms with Crippen LogP contribution in [-0.2, 0) is 11.3 Å². The molecular formula is C31H44N8O. The summed E-state index contributed by atoms with van der Waals surface area (Å²) in [7, 11) is 0. The molecule has 3 aromatic rings. The Morgan fingerprint density at radius 2 is 1.55 bits per heavy atom. The maximum atomic E-state index is 13.0. The van der Waals surface area contributed by atoms with Crippen LogP contribution >= 0.6 is 0 Å². The number of nitrogens with one attached hydrogen (secondary N) is 3. The highest BCUT2D eigenvalue weighted by Gasteiger charge is 2.54. The van der Waals surface area contributed by atoms with Crippen molar-refractivity contribution in [1.29, 1.82) is 0 Å². The van der Waals surface area contributed by atoms with E-state index < -0.39 is 0 Å². The molecule has 0 radical (unpaired) electrons. The normalized spacial score (nSPS) is 21.4. The average Bonchev–Trinajstić information content (AvgIpc) is 3.82. The fraction of sp³-hybridized carbons (Fsp3) is 0.484. The Labute approximate surface area is 238 Å². The molecule has 1 aliphatic carbocycles. The number of nitrogens with zero attached hydrogens (tertiary/aromatic N) is 5. The van der Waals surface area contributed by atoms with Crippen molar-refractivity contribution < 1.29 is 4.79 Å². The van der Waals surface area contributed by atoms with Gasteiger partial charge in [-0.1, -0.05) is 39.8 Å². The van der Waals surface area contributed by atoms with Crippen molar-refractivity contribution in [2.45, 2.75) is 59.0 Å². The summed E-state index contributed by atoms with van der Waals surface area (Å²) in [6, 6.07) is 12.5. The lowest BCUT2D eigenvalue weighted by Crippen LogP contribution is -2.56. The quantitative estimate of drug-likeness (QED) is 0.367. The maximum absolute atomic E-state index is 13.0. The fourth-order valence-electron chi connectivity index (χ4n) is 5.19. The van der Waals surface area contributed by atoms with E-state index in [1.807, 2.05) is 52.2 Å². The predicted octanol–water partition coefficient (Wildman–Crippen LogP) is 4.92. The standard InChI is InChI=1S/C27H32N8O.2C2H6/c36-25-27(6-7-27)35-13-11-34(12-14-35)19-20-3-1-4-23(15-20)33-24-16-21(5-10-28-24)22-17-31-26(32-18-22)30-9-2-8-29-25;2*1-2/h1,3-5,10,15-18H,2,6-9,11-14,19H2,(H,28,33)(H,29,36)(H,30,31,32);2*1-2H3. The number of rotatable bonds is 0. The highest BCUT2D eigenvalue weighted by molar-refractivity contribution is 5.89. The van der Waals surface area contributed by atoms with Crippen LogP contribution in [0.4, 0.5) is 17.5 Å². The lowest BCUT2D eigenvalue weighted by Gasteiger charge is -2.39. The molecule has 1 aromatic carbocycles. The van der Waals surface area contributed by atoms with E-state index in [4.69, 9.17) is 0 Å². The van der Waals surface area contributed by atoms with Crippen molar-refractivity contribution in [2.24, 2.45) is 0 Å². The van der Waals surface area contributed by atoms with Gasteiger partial charge in [0.05, 0.1) is 0 Å². The number of amides is 1. The van der Waals surface area contributed by atoms with E-state index >= 15 is 0 Å². The van der Waals surface area contributed by atoms with E-state index in [1.54, 1.807) is 6.20 Å². The van der Waals surface area contributed by atoms with Gasteiger partial charge in [0.2, 0.25) is 11.9 Å². The Kier molecular flexibility index (Phi) is 10.4. The van der Waals surface area contributed by atoms with Gasteiger partial charge in [0.1, 0.15) is 11.4 Å². The molecule has 2 aromatic heterocycles. The third kappa shape index (κ3) is 7.14. The number of hydrogen-bond acceptors (Lipinski definition) is 8. The summed E-state index contributed by atoms with van der Waals surface area (Å²) in [5, 5.41) is 9.88. The molecule has 1 saturated carbocycles. The second kappa shape index (κ2) is 14.2. The van der Waals surface area contributed by atoms with Gasteiger partial charge in [-0.15, -0.1) is 0 Å². The van der Waals surface area contributed by atoms with Gasteiger partial charge in [0.15, 0.2) is 0 Å². The molecule has 8 bridgehead atoms. The van der Waals surface area contributed by atoms with Gasteiger partial charge in [0.25, 0.3) is 0 Å². The van der Waals surface area contributed by atoms with E-state index in [0.29, 0.717) is 19.0 Å². The Morgan fingerprint density at radius 1 is 0.825 bits per heavy atom. The highest BCUT2D eigenvalue weighted by atomic mass is 16.2. The van der Waals surface area contributed by atoms with Crippen molar-refractivity contribution in [1.82, 2.24) is 30.1 Å². The second-order valence-electron chi connectivity index (χ2n) is 9.88. The average molecular weight is 545 g/mol. The molecule has 0 unspecified atom stereocenters. The van der Waals surface area contributed by atoms with Crippen molar-refractivity contribution in [3.8, 4) is 11.1 Å². The second-order valence-corrected chi connectivity index (χ2v) is 9.88. The van der Waals surface area contributed by atoms with Crippen molar-refractivity contribution in [3.63, 3.8) is 0 Å². The topological polar surface area (TPSA) is 98.3 Å². The fourth-order valence-corrected chi connectivity index (χ4v) is 5.19. The summed E-state index contributed by atoms with van der Waals surface area (Å²) in [4.78, 5) is 31.4. The van der Waals surface area contributed by atoms with Gasteiger partial charge in [-0.25, -0.2) is 15.0 Å². The molecule has 1 spiro atoms. The lowest BCUT2D eigenvalue weighted by atomic mass is 10.1. The van der Waals surface area contributed by atoms with Crippen LogP contribution in [0.25, 0.3) is 11.1 Å². The minimum absolute atomic E-state index is 0.184. The molecule has 9 nitrogen and oxygen atoms in total. The van der Waals surface area contributed by atoms with E-state index in [9.17, 15) is 4.79 Å². The molecule has 1 amide bonds. The lowest BCUT2D eigenvalue weighted by molar-refractivity contribution is -0.129. The number of aromatic nitrogens is 3. The first-order valence-corrected chi connectivity index (χ1v) is 14.8. The van der Waals surface area contributed by atoms with Crippen molar-refractivity contribution in [3.05, 3.63) is 60.6 Å². The third-order valence-corrected chi connectivity index (χ3v) is 7.40. The molecule has 40 heavy (non-hydrogen) atoms. The molecule has 7 heterocycles. The number of piperazine rings is 1. The first-order chi connectivity index (χ1) is 19.7. The van der Waals surface area contributed by atoms with Gasteiger partial charge < -0.3 is 16.0 Å². The Hall–Kier alpha value is -3.56. The SMILES string of the molecule is CC.CC.O=C1NCCCNc2ncc(cn2)-c2ccnc(c2)Nc2cccc(c2)CN2CCN(CC2)C12CC2. The molecule has 214 valence electrons. The minimum Gasteiger partial charge on any atom is -0.354 e. The third-order valence-electron chi connectivity index (χ3n) is 7.40. The molecule has 9 rings (SSSR count). The van der Waals surface area contributed by atoms with Crippen LogP contribution in [0.2, 0.25) is 0 Å². The van der Waals surface area contributed by atoms with Crippen LogP contribution in [0.15, 0.2) is 55.0 Å². The molecular weight excluding hydrogens is 500 g/mol. The highest BCUT2D eigenvalue weighted by Crippen LogP contribution is 2.42. The molecule has 2 fully saturated rings. The Morgan fingerprint density at radius 3 is 2.27 bits per heavy atom. The monoisotopic (exact) mass is 544 g/mol. The molecule has 0 atom stereocenters.